The Kier molecular flexibility index (Phi) is 41.1. The van der Waals surface area contributed by atoms with Gasteiger partial charge in [-0.1, -0.05) is 213 Å². The number of unbranched alkanes of at least 4 members (excludes halogenated alkanes) is 31. The summed E-state index contributed by atoms with van der Waals surface area (Å²) in [6.07, 6.45) is 48.4. The normalized spacial score (nSPS) is 12.0. The first-order chi connectivity index (χ1) is 29.1. The SMILES string of the molecule is CCCCCCCC/C=C\CCCCCCCC(=O)OCC(COC(=O)CCCCCCCCCCCCC)(COC(=O)CCCCCCCCCCCCC)[N+](C)(C)C. The molecule has 0 aliphatic rings. The Morgan fingerprint density at radius 3 is 0.800 bits per heavy atom. The van der Waals surface area contributed by atoms with Crippen LogP contribution in [0.3, 0.4) is 0 Å². The Balaban J connectivity index is 4.85. The van der Waals surface area contributed by atoms with Gasteiger partial charge < -0.3 is 18.7 Å². The third kappa shape index (κ3) is 36.7. The number of quaternary nitrogens is 1. The number of allylic oxidation sites excluding steroid dienone is 2. The predicted octanol–water partition coefficient (Wildman–Crippen LogP) is 15.5. The second-order valence-electron chi connectivity index (χ2n) is 19.1. The third-order valence-corrected chi connectivity index (χ3v) is 12.5. The minimum atomic E-state index is -0.905. The van der Waals surface area contributed by atoms with Crippen LogP contribution in [0.5, 0.6) is 0 Å². The summed E-state index contributed by atoms with van der Waals surface area (Å²) in [6, 6.07) is 0. The summed E-state index contributed by atoms with van der Waals surface area (Å²) in [6.45, 7) is 6.86. The van der Waals surface area contributed by atoms with Gasteiger partial charge in [-0.05, 0) is 44.9 Å². The van der Waals surface area contributed by atoms with E-state index in [4.69, 9.17) is 14.2 Å². The van der Waals surface area contributed by atoms with Gasteiger partial charge in [0.25, 0.3) is 0 Å². The topological polar surface area (TPSA) is 78.9 Å². The number of likely N-dealkylation sites (N-methyl/N-ethyl adjacent to an activating group) is 1. The van der Waals surface area contributed by atoms with Crippen LogP contribution in [0.1, 0.15) is 265 Å². The van der Waals surface area contributed by atoms with Crippen LogP contribution in [0.15, 0.2) is 12.2 Å². The monoisotopic (exact) mass is 849 g/mol. The molecule has 0 N–H and O–H groups in total. The molecule has 0 fully saturated rings. The largest absolute Gasteiger partial charge is 0.459 e. The van der Waals surface area contributed by atoms with Crippen LogP contribution < -0.4 is 0 Å². The zero-order chi connectivity index (χ0) is 44.3. The van der Waals surface area contributed by atoms with Crippen molar-refractivity contribution in [2.24, 2.45) is 0 Å². The molecule has 0 aliphatic heterocycles. The van der Waals surface area contributed by atoms with E-state index in [9.17, 15) is 14.4 Å². The van der Waals surface area contributed by atoms with E-state index in [0.29, 0.717) is 23.7 Å². The van der Waals surface area contributed by atoms with Crippen molar-refractivity contribution in [1.82, 2.24) is 0 Å². The predicted molar refractivity (Wildman–Crippen MR) is 255 cm³/mol. The lowest BCUT2D eigenvalue weighted by Gasteiger charge is -2.44. The Morgan fingerprint density at radius 1 is 0.350 bits per heavy atom. The second kappa shape index (κ2) is 42.4. The molecule has 0 saturated heterocycles. The molecule has 0 rings (SSSR count). The average Bonchev–Trinajstić information content (AvgIpc) is 3.22. The summed E-state index contributed by atoms with van der Waals surface area (Å²) in [5.41, 5.74) is -0.905. The van der Waals surface area contributed by atoms with Gasteiger partial charge in [0.15, 0.2) is 19.8 Å². The number of hydrogen-bond donors (Lipinski definition) is 0. The van der Waals surface area contributed by atoms with Crippen molar-refractivity contribution in [3.05, 3.63) is 12.2 Å². The van der Waals surface area contributed by atoms with E-state index in [1.54, 1.807) is 0 Å². The van der Waals surface area contributed by atoms with Gasteiger partial charge in [-0.2, -0.15) is 0 Å². The molecule has 0 heterocycles. The molecule has 7 heteroatoms. The molecule has 0 spiro atoms. The molecule has 7 nitrogen and oxygen atoms in total. The van der Waals surface area contributed by atoms with E-state index in [2.05, 4.69) is 32.9 Å². The van der Waals surface area contributed by atoms with Crippen LogP contribution in [-0.2, 0) is 28.6 Å². The summed E-state index contributed by atoms with van der Waals surface area (Å²) in [5.74, 6) is -0.726. The summed E-state index contributed by atoms with van der Waals surface area (Å²) in [5, 5.41) is 0. The lowest BCUT2D eigenvalue weighted by Crippen LogP contribution is -2.65. The third-order valence-electron chi connectivity index (χ3n) is 12.5. The molecule has 0 aromatic rings. The molecule has 0 unspecified atom stereocenters. The quantitative estimate of drug-likeness (QED) is 0.0200. The number of rotatable bonds is 46. The van der Waals surface area contributed by atoms with Crippen LogP contribution in [0, 0.1) is 0 Å². The van der Waals surface area contributed by atoms with Gasteiger partial charge in [0.1, 0.15) is 0 Å². The van der Waals surface area contributed by atoms with Crippen LogP contribution >= 0.6 is 0 Å². The van der Waals surface area contributed by atoms with Crippen molar-refractivity contribution in [2.45, 2.75) is 270 Å². The standard InChI is InChI=1S/C53H102NO6/c1-7-10-13-16-19-22-25-26-27-28-31-34-37-40-43-46-52(57)60-49-53(54(4,5)6,47-58-50(55)44-41-38-35-32-29-23-20-17-14-11-8-2)48-59-51(56)45-42-39-36-33-30-24-21-18-15-12-9-3/h26-27H,7-25,28-49H2,1-6H3/q+1/b27-26-. The van der Waals surface area contributed by atoms with Gasteiger partial charge in [0.2, 0.25) is 5.54 Å². The fraction of sp³-hybridized carbons (Fsp3) is 0.906. The summed E-state index contributed by atoms with van der Waals surface area (Å²) >= 11 is 0. The summed E-state index contributed by atoms with van der Waals surface area (Å²) in [4.78, 5) is 39.0. The maximum atomic E-state index is 13.0. The molecular weight excluding hydrogens is 747 g/mol. The maximum absolute atomic E-state index is 13.0. The Bertz CT molecular complexity index is 962. The molecule has 0 aromatic carbocycles. The molecule has 60 heavy (non-hydrogen) atoms. The molecule has 0 saturated carbocycles. The smallest absolute Gasteiger partial charge is 0.306 e. The highest BCUT2D eigenvalue weighted by Crippen LogP contribution is 2.24. The fourth-order valence-electron chi connectivity index (χ4n) is 7.77. The van der Waals surface area contributed by atoms with E-state index in [-0.39, 0.29) is 37.7 Å². The molecule has 0 amide bonds. The van der Waals surface area contributed by atoms with Crippen LogP contribution in [0.2, 0.25) is 0 Å². The van der Waals surface area contributed by atoms with Crippen molar-refractivity contribution < 1.29 is 33.1 Å². The highest BCUT2D eigenvalue weighted by Gasteiger charge is 2.47. The zero-order valence-corrected chi connectivity index (χ0v) is 41.0. The first kappa shape index (κ1) is 58.1. The maximum Gasteiger partial charge on any atom is 0.306 e. The molecule has 0 aliphatic carbocycles. The van der Waals surface area contributed by atoms with Gasteiger partial charge in [0, 0.05) is 19.3 Å². The van der Waals surface area contributed by atoms with Gasteiger partial charge in [-0.25, -0.2) is 0 Å². The summed E-state index contributed by atoms with van der Waals surface area (Å²) in [7, 11) is 5.98. The van der Waals surface area contributed by atoms with E-state index >= 15 is 0 Å². The minimum Gasteiger partial charge on any atom is -0.459 e. The first-order valence-electron chi connectivity index (χ1n) is 26.0. The zero-order valence-electron chi connectivity index (χ0n) is 41.0. The number of carbonyl (C=O) groups excluding carboxylic acids is 3. The van der Waals surface area contributed by atoms with Crippen LogP contribution in [0.4, 0.5) is 0 Å². The van der Waals surface area contributed by atoms with Gasteiger partial charge in [-0.3, -0.25) is 14.4 Å². The molecular formula is C53H102NO6+. The average molecular weight is 849 g/mol. The molecule has 0 atom stereocenters. The van der Waals surface area contributed by atoms with Crippen LogP contribution in [-0.4, -0.2) is 68.9 Å². The number of esters is 3. The van der Waals surface area contributed by atoms with Crippen molar-refractivity contribution in [1.29, 1.82) is 0 Å². The summed E-state index contributed by atoms with van der Waals surface area (Å²) < 4.78 is 18.1. The first-order valence-corrected chi connectivity index (χ1v) is 26.0. The second-order valence-corrected chi connectivity index (χ2v) is 19.1. The number of ether oxygens (including phenoxy) is 3. The van der Waals surface area contributed by atoms with Crippen molar-refractivity contribution in [3.8, 4) is 0 Å². The Hall–Kier alpha value is -1.89. The van der Waals surface area contributed by atoms with E-state index in [1.165, 1.54) is 161 Å². The number of nitrogens with zero attached hydrogens (tertiary/aromatic N) is 1. The molecule has 354 valence electrons. The number of hydrogen-bond acceptors (Lipinski definition) is 6. The van der Waals surface area contributed by atoms with Crippen molar-refractivity contribution in [3.63, 3.8) is 0 Å². The van der Waals surface area contributed by atoms with E-state index in [1.807, 2.05) is 21.1 Å². The number of carbonyl (C=O) groups is 3. The van der Waals surface area contributed by atoms with E-state index in [0.717, 1.165) is 64.2 Å². The highest BCUT2D eigenvalue weighted by molar-refractivity contribution is 5.70. The lowest BCUT2D eigenvalue weighted by atomic mass is 9.98. The van der Waals surface area contributed by atoms with Gasteiger partial charge >= 0.3 is 17.9 Å². The van der Waals surface area contributed by atoms with Crippen LogP contribution in [0.25, 0.3) is 0 Å². The highest BCUT2D eigenvalue weighted by atomic mass is 16.6. The van der Waals surface area contributed by atoms with Gasteiger partial charge in [0.05, 0.1) is 21.1 Å². The van der Waals surface area contributed by atoms with E-state index < -0.39 is 5.54 Å². The molecule has 0 aromatic heterocycles. The fourth-order valence-corrected chi connectivity index (χ4v) is 7.77. The Labute approximate surface area is 373 Å². The molecule has 0 bridgehead atoms. The Morgan fingerprint density at radius 2 is 0.567 bits per heavy atom. The van der Waals surface area contributed by atoms with Crippen molar-refractivity contribution >= 4 is 17.9 Å². The molecule has 0 radical (unpaired) electrons. The minimum absolute atomic E-state index is 0.0257. The van der Waals surface area contributed by atoms with Crippen molar-refractivity contribution in [2.75, 3.05) is 41.0 Å². The lowest BCUT2D eigenvalue weighted by molar-refractivity contribution is -0.925. The van der Waals surface area contributed by atoms with Gasteiger partial charge in [-0.15, -0.1) is 0 Å².